The lowest BCUT2D eigenvalue weighted by Crippen LogP contribution is -2.56. The highest BCUT2D eigenvalue weighted by Crippen LogP contribution is 2.38. The number of nitrogens with one attached hydrogen (secondary N) is 1. The van der Waals surface area contributed by atoms with Gasteiger partial charge in [0.2, 0.25) is 11.8 Å². The van der Waals surface area contributed by atoms with Gasteiger partial charge in [-0.05, 0) is 38.0 Å². The zero-order chi connectivity index (χ0) is 21.6. The van der Waals surface area contributed by atoms with Gasteiger partial charge in [-0.1, -0.05) is 11.6 Å². The number of piperidine rings is 1. The van der Waals surface area contributed by atoms with E-state index in [9.17, 15) is 8.42 Å². The van der Waals surface area contributed by atoms with E-state index in [1.54, 1.807) is 6.07 Å². The lowest BCUT2D eigenvalue weighted by atomic mass is 9.95. The molecule has 1 aromatic heterocycles. The van der Waals surface area contributed by atoms with Crippen LogP contribution in [-0.2, 0) is 14.6 Å². The Morgan fingerprint density at radius 3 is 2.52 bits per heavy atom. The first-order valence-corrected chi connectivity index (χ1v) is 12.4. The highest BCUT2D eigenvalue weighted by molar-refractivity contribution is 7.92. The molecule has 2 saturated heterocycles. The Bertz CT molecular complexity index is 1080. The molecule has 1 saturated carbocycles. The van der Waals surface area contributed by atoms with Gasteiger partial charge in [0.25, 0.3) is 0 Å². The van der Waals surface area contributed by atoms with E-state index in [2.05, 4.69) is 15.3 Å². The number of hydrogen-bond acceptors (Lipinski definition) is 8. The maximum Gasteiger partial charge on any atom is 0.229 e. The number of benzene rings is 1. The monoisotopic (exact) mass is 465 g/mol. The summed E-state index contributed by atoms with van der Waals surface area (Å²) in [6.45, 7) is 3.21. The molecule has 3 fully saturated rings. The van der Waals surface area contributed by atoms with Gasteiger partial charge in [0, 0.05) is 24.9 Å². The van der Waals surface area contributed by atoms with Crippen molar-refractivity contribution in [3.05, 3.63) is 35.1 Å². The molecule has 8 nitrogen and oxygen atoms in total. The molecular weight excluding hydrogens is 442 g/mol. The highest BCUT2D eigenvalue weighted by Gasteiger charge is 2.37. The van der Waals surface area contributed by atoms with Crippen molar-refractivity contribution in [1.82, 2.24) is 15.3 Å². The Morgan fingerprint density at radius 2 is 1.84 bits per heavy atom. The Morgan fingerprint density at radius 1 is 1.13 bits per heavy atom. The maximum atomic E-state index is 12.4. The normalized spacial score (nSPS) is 25.8. The summed E-state index contributed by atoms with van der Waals surface area (Å²) in [6.07, 6.45) is 4.52. The standard InChI is InChI=1S/C21H24ClN3O5S/c1-12-20(29-15-6-13-9-28-10-14(7-15)25-13)23-11-24-21(12)30-19-5-4-17(8-18(19)22)31(26,27)16-2-3-16/h4-5,8,11,13-16,25H,2-3,6-7,9-10H2,1H3/t13-,14?,15+/m1/s1. The van der Waals surface area contributed by atoms with Gasteiger partial charge in [0.05, 0.1) is 33.9 Å². The quantitative estimate of drug-likeness (QED) is 0.694. The van der Waals surface area contributed by atoms with E-state index in [1.807, 2.05) is 6.92 Å². The Balaban J connectivity index is 1.32. The molecule has 1 aromatic carbocycles. The molecule has 3 heterocycles. The third kappa shape index (κ3) is 4.37. The predicted molar refractivity (Wildman–Crippen MR) is 114 cm³/mol. The van der Waals surface area contributed by atoms with Crippen molar-refractivity contribution in [2.24, 2.45) is 0 Å². The average Bonchev–Trinajstić information content (AvgIpc) is 3.58. The summed E-state index contributed by atoms with van der Waals surface area (Å²) in [4.78, 5) is 8.72. The van der Waals surface area contributed by atoms with Crippen LogP contribution in [0.5, 0.6) is 17.5 Å². The first kappa shape index (κ1) is 20.9. The number of hydrogen-bond donors (Lipinski definition) is 1. The zero-order valence-corrected chi connectivity index (χ0v) is 18.7. The van der Waals surface area contributed by atoms with Crippen LogP contribution in [0, 0.1) is 6.92 Å². The van der Waals surface area contributed by atoms with Gasteiger partial charge >= 0.3 is 0 Å². The molecule has 1 unspecified atom stereocenters. The van der Waals surface area contributed by atoms with Crippen LogP contribution in [0.4, 0.5) is 0 Å². The molecule has 5 rings (SSSR count). The molecule has 2 aliphatic heterocycles. The van der Waals surface area contributed by atoms with Gasteiger partial charge in [-0.15, -0.1) is 0 Å². The van der Waals surface area contributed by atoms with Gasteiger partial charge in [-0.3, -0.25) is 0 Å². The number of fused-ring (bicyclic) bond motifs is 2. The van der Waals surface area contributed by atoms with Crippen LogP contribution in [-0.4, -0.2) is 55.0 Å². The van der Waals surface area contributed by atoms with Crippen molar-refractivity contribution in [1.29, 1.82) is 0 Å². The third-order valence-corrected chi connectivity index (χ3v) is 8.43. The molecule has 0 amide bonds. The molecule has 1 N–H and O–H groups in total. The third-order valence-electron chi connectivity index (χ3n) is 5.88. The lowest BCUT2D eigenvalue weighted by Gasteiger charge is -2.39. The lowest BCUT2D eigenvalue weighted by molar-refractivity contribution is -0.0134. The SMILES string of the molecule is Cc1c(Oc2ccc(S(=O)(=O)C3CC3)cc2Cl)ncnc1O[C@@H]1CC2COC[C@@H](C1)N2. The molecular formula is C21H24ClN3O5S. The van der Waals surface area contributed by atoms with Crippen molar-refractivity contribution in [3.8, 4) is 17.5 Å². The molecule has 1 aliphatic carbocycles. The summed E-state index contributed by atoms with van der Waals surface area (Å²) in [5.41, 5.74) is 0.660. The summed E-state index contributed by atoms with van der Waals surface area (Å²) in [6, 6.07) is 5.11. The molecule has 10 heteroatoms. The fraction of sp³-hybridized carbons (Fsp3) is 0.524. The first-order chi connectivity index (χ1) is 14.9. The van der Waals surface area contributed by atoms with E-state index >= 15 is 0 Å². The number of sulfone groups is 1. The summed E-state index contributed by atoms with van der Waals surface area (Å²) < 4.78 is 42.5. The molecule has 166 valence electrons. The number of nitrogens with zero attached hydrogens (tertiary/aromatic N) is 2. The molecule has 0 radical (unpaired) electrons. The summed E-state index contributed by atoms with van der Waals surface area (Å²) in [5, 5.41) is 3.46. The minimum absolute atomic E-state index is 0.0390. The minimum atomic E-state index is -3.32. The molecule has 0 spiro atoms. The largest absolute Gasteiger partial charge is 0.474 e. The van der Waals surface area contributed by atoms with Gasteiger partial charge in [-0.25, -0.2) is 18.4 Å². The minimum Gasteiger partial charge on any atom is -0.474 e. The predicted octanol–water partition coefficient (Wildman–Crippen LogP) is 3.07. The molecule has 31 heavy (non-hydrogen) atoms. The first-order valence-electron chi connectivity index (χ1n) is 10.4. The van der Waals surface area contributed by atoms with Crippen LogP contribution in [0.1, 0.15) is 31.2 Å². The van der Waals surface area contributed by atoms with Gasteiger partial charge < -0.3 is 19.5 Å². The van der Waals surface area contributed by atoms with Gasteiger partial charge in [0.15, 0.2) is 9.84 Å². The second kappa shape index (κ2) is 8.20. The number of rotatable bonds is 6. The van der Waals surface area contributed by atoms with Crippen LogP contribution < -0.4 is 14.8 Å². The number of morpholine rings is 1. The van der Waals surface area contributed by atoms with Crippen molar-refractivity contribution in [2.45, 2.75) is 60.9 Å². The zero-order valence-electron chi connectivity index (χ0n) is 17.1. The number of halogens is 1. The number of ether oxygens (including phenoxy) is 3. The van der Waals surface area contributed by atoms with E-state index in [-0.39, 0.29) is 21.3 Å². The van der Waals surface area contributed by atoms with Crippen LogP contribution >= 0.6 is 11.6 Å². The summed E-state index contributed by atoms with van der Waals surface area (Å²) in [7, 11) is -3.32. The Hall–Kier alpha value is -1.94. The fourth-order valence-electron chi connectivity index (χ4n) is 4.10. The average molecular weight is 466 g/mol. The van der Waals surface area contributed by atoms with E-state index in [0.29, 0.717) is 61.2 Å². The fourth-order valence-corrected chi connectivity index (χ4v) is 6.06. The number of aromatic nitrogens is 2. The van der Waals surface area contributed by atoms with Crippen LogP contribution in [0.3, 0.4) is 0 Å². The second-order valence-electron chi connectivity index (χ2n) is 8.36. The van der Waals surface area contributed by atoms with E-state index in [4.69, 9.17) is 25.8 Å². The van der Waals surface area contributed by atoms with Gasteiger partial charge in [-0.2, -0.15) is 0 Å². The topological polar surface area (TPSA) is 99.6 Å². The molecule has 3 aliphatic rings. The summed E-state index contributed by atoms with van der Waals surface area (Å²) >= 11 is 6.33. The van der Waals surface area contributed by atoms with Crippen molar-refractivity contribution in [2.75, 3.05) is 13.2 Å². The summed E-state index contributed by atoms with van der Waals surface area (Å²) in [5.74, 6) is 1.12. The molecule has 2 aromatic rings. The van der Waals surface area contributed by atoms with Crippen molar-refractivity contribution >= 4 is 21.4 Å². The Labute approximate surface area is 186 Å². The Kier molecular flexibility index (Phi) is 5.54. The van der Waals surface area contributed by atoms with Crippen molar-refractivity contribution < 1.29 is 22.6 Å². The molecule has 2 bridgehead atoms. The maximum absolute atomic E-state index is 12.4. The van der Waals surface area contributed by atoms with E-state index in [1.165, 1.54) is 18.5 Å². The van der Waals surface area contributed by atoms with Crippen LogP contribution in [0.2, 0.25) is 5.02 Å². The second-order valence-corrected chi connectivity index (χ2v) is 11.0. The van der Waals surface area contributed by atoms with E-state index in [0.717, 1.165) is 12.8 Å². The van der Waals surface area contributed by atoms with Gasteiger partial charge in [0.1, 0.15) is 18.2 Å². The smallest absolute Gasteiger partial charge is 0.229 e. The highest BCUT2D eigenvalue weighted by atomic mass is 35.5. The van der Waals surface area contributed by atoms with Crippen LogP contribution in [0.25, 0.3) is 0 Å². The van der Waals surface area contributed by atoms with Crippen molar-refractivity contribution in [3.63, 3.8) is 0 Å². The van der Waals surface area contributed by atoms with E-state index < -0.39 is 9.84 Å². The molecule has 3 atom stereocenters. The van der Waals surface area contributed by atoms with Crippen LogP contribution in [0.15, 0.2) is 29.4 Å².